The third kappa shape index (κ3) is 4.08. The van der Waals surface area contributed by atoms with Gasteiger partial charge in [-0.1, -0.05) is 12.8 Å². The van der Waals surface area contributed by atoms with Gasteiger partial charge in [-0.15, -0.1) is 0 Å². The van der Waals surface area contributed by atoms with Crippen LogP contribution in [0.15, 0.2) is 0 Å². The zero-order valence-electron chi connectivity index (χ0n) is 12.2. The van der Waals surface area contributed by atoms with Crippen LogP contribution >= 0.6 is 0 Å². The van der Waals surface area contributed by atoms with Crippen molar-refractivity contribution in [1.29, 1.82) is 0 Å². The topological polar surface area (TPSA) is 61.8 Å². The van der Waals surface area contributed by atoms with Crippen molar-refractivity contribution in [2.45, 2.75) is 70.2 Å². The molecule has 1 saturated heterocycles. The second kappa shape index (κ2) is 5.67. The lowest BCUT2D eigenvalue weighted by Gasteiger charge is -2.43. The van der Waals surface area contributed by atoms with Crippen molar-refractivity contribution >= 4 is 6.09 Å². The van der Waals surface area contributed by atoms with Gasteiger partial charge in [0.1, 0.15) is 5.60 Å². The standard InChI is InChI=1S/C14H26N2O3/c1-14(2,3)19-13(18)16-8-10(9-16)15-11-6-4-5-7-12(11)17/h10-12,15,17H,4-9H2,1-3H3. The molecule has 2 N–H and O–H groups in total. The summed E-state index contributed by atoms with van der Waals surface area (Å²) in [5.74, 6) is 0. The SMILES string of the molecule is CC(C)(C)OC(=O)N1CC(NC2CCCCC2O)C1. The minimum Gasteiger partial charge on any atom is -0.444 e. The van der Waals surface area contributed by atoms with E-state index in [4.69, 9.17) is 4.74 Å². The van der Waals surface area contributed by atoms with Crippen LogP contribution in [0.25, 0.3) is 0 Å². The lowest BCUT2D eigenvalue weighted by atomic mass is 9.91. The molecule has 19 heavy (non-hydrogen) atoms. The first-order chi connectivity index (χ1) is 8.85. The molecule has 5 nitrogen and oxygen atoms in total. The highest BCUT2D eigenvalue weighted by Crippen LogP contribution is 2.21. The third-order valence-corrected chi connectivity index (χ3v) is 3.71. The van der Waals surface area contributed by atoms with Crippen LogP contribution in [0.1, 0.15) is 46.5 Å². The Balaban J connectivity index is 1.70. The minimum absolute atomic E-state index is 0.194. The number of carbonyl (C=O) groups is 1. The Bertz CT molecular complexity index is 321. The molecule has 0 aromatic rings. The average molecular weight is 270 g/mol. The van der Waals surface area contributed by atoms with Gasteiger partial charge in [-0.05, 0) is 33.6 Å². The highest BCUT2D eigenvalue weighted by molar-refractivity contribution is 5.69. The lowest BCUT2D eigenvalue weighted by molar-refractivity contribution is -0.000679. The summed E-state index contributed by atoms with van der Waals surface area (Å²) in [6.45, 7) is 6.98. The van der Waals surface area contributed by atoms with Gasteiger partial charge in [-0.3, -0.25) is 0 Å². The van der Waals surface area contributed by atoms with Gasteiger partial charge in [0.15, 0.2) is 0 Å². The molecule has 2 rings (SSSR count). The van der Waals surface area contributed by atoms with E-state index in [1.165, 1.54) is 6.42 Å². The van der Waals surface area contributed by atoms with Crippen molar-refractivity contribution in [3.8, 4) is 0 Å². The Morgan fingerprint density at radius 3 is 2.47 bits per heavy atom. The monoisotopic (exact) mass is 270 g/mol. The van der Waals surface area contributed by atoms with E-state index in [0.29, 0.717) is 19.1 Å². The van der Waals surface area contributed by atoms with Crippen LogP contribution in [-0.4, -0.2) is 53.0 Å². The number of hydrogen-bond acceptors (Lipinski definition) is 4. The van der Waals surface area contributed by atoms with Gasteiger partial charge in [0.2, 0.25) is 0 Å². The molecular weight excluding hydrogens is 244 g/mol. The summed E-state index contributed by atoms with van der Waals surface area (Å²) in [4.78, 5) is 13.5. The predicted octanol–water partition coefficient (Wildman–Crippen LogP) is 1.50. The van der Waals surface area contributed by atoms with Gasteiger partial charge in [0.05, 0.1) is 6.10 Å². The fraction of sp³-hybridized carbons (Fsp3) is 0.929. The van der Waals surface area contributed by atoms with Crippen LogP contribution in [0, 0.1) is 0 Å². The molecular formula is C14H26N2O3. The van der Waals surface area contributed by atoms with E-state index in [2.05, 4.69) is 5.32 Å². The van der Waals surface area contributed by atoms with Gasteiger partial charge in [-0.25, -0.2) is 4.79 Å². The molecule has 1 saturated carbocycles. The molecule has 0 radical (unpaired) electrons. The summed E-state index contributed by atoms with van der Waals surface area (Å²) in [7, 11) is 0. The van der Waals surface area contributed by atoms with Gasteiger partial charge in [-0.2, -0.15) is 0 Å². The molecule has 0 aromatic heterocycles. The van der Waals surface area contributed by atoms with Crippen LogP contribution in [0.5, 0.6) is 0 Å². The molecule has 1 aliphatic carbocycles. The van der Waals surface area contributed by atoms with Crippen LogP contribution in [0.3, 0.4) is 0 Å². The van der Waals surface area contributed by atoms with Crippen LogP contribution in [-0.2, 0) is 4.74 Å². The van der Waals surface area contributed by atoms with Gasteiger partial charge < -0.3 is 20.1 Å². The van der Waals surface area contributed by atoms with Crippen molar-refractivity contribution in [3.05, 3.63) is 0 Å². The highest BCUT2D eigenvalue weighted by Gasteiger charge is 2.36. The maximum absolute atomic E-state index is 11.8. The van der Waals surface area contributed by atoms with Crippen LogP contribution < -0.4 is 5.32 Å². The molecule has 0 spiro atoms. The van der Waals surface area contributed by atoms with E-state index in [0.717, 1.165) is 19.3 Å². The summed E-state index contributed by atoms with van der Waals surface area (Å²) in [6, 6.07) is 0.491. The Hall–Kier alpha value is -0.810. The normalized spacial score (nSPS) is 28.9. The van der Waals surface area contributed by atoms with E-state index in [1.54, 1.807) is 4.90 Å². The third-order valence-electron chi connectivity index (χ3n) is 3.71. The number of amides is 1. The van der Waals surface area contributed by atoms with Crippen LogP contribution in [0.2, 0.25) is 0 Å². The van der Waals surface area contributed by atoms with E-state index in [9.17, 15) is 9.90 Å². The molecule has 1 amide bonds. The molecule has 2 fully saturated rings. The van der Waals surface area contributed by atoms with Crippen molar-refractivity contribution in [1.82, 2.24) is 10.2 Å². The van der Waals surface area contributed by atoms with E-state index >= 15 is 0 Å². The second-order valence-electron chi connectivity index (χ2n) is 6.71. The number of aliphatic hydroxyl groups excluding tert-OH is 1. The van der Waals surface area contributed by atoms with Gasteiger partial charge in [0.25, 0.3) is 0 Å². The van der Waals surface area contributed by atoms with E-state index in [1.807, 2.05) is 20.8 Å². The highest BCUT2D eigenvalue weighted by atomic mass is 16.6. The maximum Gasteiger partial charge on any atom is 0.410 e. The van der Waals surface area contributed by atoms with Crippen molar-refractivity contribution < 1.29 is 14.6 Å². The van der Waals surface area contributed by atoms with E-state index in [-0.39, 0.29) is 18.2 Å². The number of nitrogens with zero attached hydrogens (tertiary/aromatic N) is 1. The summed E-state index contributed by atoms with van der Waals surface area (Å²) in [5, 5.41) is 13.4. The fourth-order valence-electron chi connectivity index (χ4n) is 2.67. The first-order valence-corrected chi connectivity index (χ1v) is 7.27. The van der Waals surface area contributed by atoms with Crippen molar-refractivity contribution in [2.75, 3.05) is 13.1 Å². The molecule has 5 heteroatoms. The fourth-order valence-corrected chi connectivity index (χ4v) is 2.67. The molecule has 1 aliphatic heterocycles. The summed E-state index contributed by atoms with van der Waals surface area (Å²) in [6.07, 6.45) is 3.74. The van der Waals surface area contributed by atoms with Crippen molar-refractivity contribution in [2.24, 2.45) is 0 Å². The maximum atomic E-state index is 11.8. The number of ether oxygens (including phenoxy) is 1. The predicted molar refractivity (Wildman–Crippen MR) is 73.0 cm³/mol. The average Bonchev–Trinajstić information content (AvgIpc) is 2.22. The van der Waals surface area contributed by atoms with Gasteiger partial charge >= 0.3 is 6.09 Å². The Labute approximate surface area is 115 Å². The molecule has 0 aromatic carbocycles. The largest absolute Gasteiger partial charge is 0.444 e. The quantitative estimate of drug-likeness (QED) is 0.798. The first-order valence-electron chi connectivity index (χ1n) is 7.27. The number of aliphatic hydroxyl groups is 1. The number of nitrogens with one attached hydrogen (secondary N) is 1. The molecule has 2 unspecified atom stereocenters. The molecule has 110 valence electrons. The van der Waals surface area contributed by atoms with Gasteiger partial charge in [0, 0.05) is 25.2 Å². The number of likely N-dealkylation sites (tertiary alicyclic amines) is 1. The number of rotatable bonds is 2. The molecule has 2 atom stereocenters. The molecule has 1 heterocycles. The summed E-state index contributed by atoms with van der Waals surface area (Å²) < 4.78 is 5.31. The van der Waals surface area contributed by atoms with Crippen molar-refractivity contribution in [3.63, 3.8) is 0 Å². The molecule has 2 aliphatic rings. The van der Waals surface area contributed by atoms with Crippen LogP contribution in [0.4, 0.5) is 4.79 Å². The second-order valence-corrected chi connectivity index (χ2v) is 6.71. The number of carbonyl (C=O) groups excluding carboxylic acids is 1. The Morgan fingerprint density at radius 2 is 1.89 bits per heavy atom. The minimum atomic E-state index is -0.435. The zero-order chi connectivity index (χ0) is 14.0. The first kappa shape index (κ1) is 14.6. The van der Waals surface area contributed by atoms with E-state index < -0.39 is 5.60 Å². The summed E-state index contributed by atoms with van der Waals surface area (Å²) >= 11 is 0. The smallest absolute Gasteiger partial charge is 0.410 e. The Kier molecular flexibility index (Phi) is 4.36. The lowest BCUT2D eigenvalue weighted by Crippen LogP contribution is -2.63. The Morgan fingerprint density at radius 1 is 1.26 bits per heavy atom. The molecule has 0 bridgehead atoms. The summed E-state index contributed by atoms with van der Waals surface area (Å²) in [5.41, 5.74) is -0.435. The number of hydrogen-bond donors (Lipinski definition) is 2. The zero-order valence-corrected chi connectivity index (χ0v) is 12.2.